The molecule has 0 radical (unpaired) electrons. The molecule has 1 amide bonds. The fourth-order valence-corrected chi connectivity index (χ4v) is 5.34. The first-order valence-electron chi connectivity index (χ1n) is 10.5. The third-order valence-electron chi connectivity index (χ3n) is 5.65. The van der Waals surface area contributed by atoms with E-state index in [0.717, 1.165) is 51.7 Å². The van der Waals surface area contributed by atoms with E-state index in [-0.39, 0.29) is 30.0 Å². The number of halogens is 5. The molecule has 0 aliphatic carbocycles. The van der Waals surface area contributed by atoms with Crippen molar-refractivity contribution in [2.24, 2.45) is 0 Å². The Morgan fingerprint density at radius 3 is 2.28 bits per heavy atom. The van der Waals surface area contributed by atoms with Gasteiger partial charge in [0, 0.05) is 13.7 Å². The fourth-order valence-electron chi connectivity index (χ4n) is 3.85. The van der Waals surface area contributed by atoms with Crippen molar-refractivity contribution >= 4 is 21.6 Å². The number of rotatable bonds is 6. The second kappa shape index (κ2) is 9.51. The molecule has 6 nitrogen and oxygen atoms in total. The van der Waals surface area contributed by atoms with Crippen LogP contribution in [0.2, 0.25) is 0 Å². The highest BCUT2D eigenvalue weighted by Crippen LogP contribution is 2.38. The largest absolute Gasteiger partial charge is 0.416 e. The third kappa shape index (κ3) is 4.65. The maximum atomic E-state index is 14.4. The van der Waals surface area contributed by atoms with E-state index in [9.17, 15) is 35.2 Å². The molecule has 0 atom stereocenters. The topological polar surface area (TPSA) is 66.9 Å². The van der Waals surface area contributed by atoms with E-state index in [2.05, 4.69) is 0 Å². The van der Waals surface area contributed by atoms with Gasteiger partial charge in [0.15, 0.2) is 0 Å². The van der Waals surface area contributed by atoms with Crippen LogP contribution in [0, 0.1) is 11.6 Å². The van der Waals surface area contributed by atoms with Crippen molar-refractivity contribution in [1.29, 1.82) is 0 Å². The van der Waals surface area contributed by atoms with E-state index in [1.54, 1.807) is 0 Å². The molecule has 4 rings (SSSR count). The summed E-state index contributed by atoms with van der Waals surface area (Å²) in [4.78, 5) is 13.5. The number of hydrogen-bond donors (Lipinski definition) is 0. The highest BCUT2D eigenvalue weighted by molar-refractivity contribution is 7.92. The van der Waals surface area contributed by atoms with Crippen LogP contribution in [0.5, 0.6) is 0 Å². The standard InChI is InChI=1S/C24H19F5N2O4S/c1-35-11-10-30-14-31(36(33,34)17-5-2-4-16(13-17)24(27,28)29)21-12-15(8-9-18(21)23(30)32)22-19(25)6-3-7-20(22)26/h2-9,12-13H,10-11,14H2,1H3. The molecular formula is C24H19F5N2O4S. The lowest BCUT2D eigenvalue weighted by atomic mass is 10.00. The second-order valence-electron chi connectivity index (χ2n) is 7.91. The molecule has 36 heavy (non-hydrogen) atoms. The lowest BCUT2D eigenvalue weighted by Crippen LogP contribution is -2.50. The molecule has 0 saturated heterocycles. The van der Waals surface area contributed by atoms with Gasteiger partial charge in [-0.2, -0.15) is 13.2 Å². The molecule has 0 unspecified atom stereocenters. The van der Waals surface area contributed by atoms with Gasteiger partial charge in [-0.05, 0) is 48.0 Å². The quantitative estimate of drug-likeness (QED) is 0.429. The summed E-state index contributed by atoms with van der Waals surface area (Å²) in [7, 11) is -3.26. The van der Waals surface area contributed by atoms with Crippen LogP contribution in [0.4, 0.5) is 27.6 Å². The Hall–Kier alpha value is -3.51. The first-order chi connectivity index (χ1) is 16.9. The van der Waals surface area contributed by atoms with Crippen molar-refractivity contribution in [3.05, 3.63) is 83.4 Å². The van der Waals surface area contributed by atoms with Crippen LogP contribution in [0.1, 0.15) is 15.9 Å². The van der Waals surface area contributed by atoms with Crippen molar-refractivity contribution in [1.82, 2.24) is 4.90 Å². The molecule has 1 heterocycles. The molecule has 0 saturated carbocycles. The summed E-state index contributed by atoms with van der Waals surface area (Å²) in [6.07, 6.45) is -4.79. The van der Waals surface area contributed by atoms with Gasteiger partial charge in [-0.3, -0.25) is 4.79 Å². The Morgan fingerprint density at radius 2 is 1.64 bits per heavy atom. The van der Waals surface area contributed by atoms with Crippen LogP contribution >= 0.6 is 0 Å². The van der Waals surface area contributed by atoms with Gasteiger partial charge in [-0.15, -0.1) is 0 Å². The van der Waals surface area contributed by atoms with Gasteiger partial charge in [0.05, 0.1) is 33.9 Å². The van der Waals surface area contributed by atoms with Gasteiger partial charge in [0.2, 0.25) is 0 Å². The summed E-state index contributed by atoms with van der Waals surface area (Å²) in [5.74, 6) is -2.39. The Balaban J connectivity index is 1.89. The van der Waals surface area contributed by atoms with Gasteiger partial charge in [-0.25, -0.2) is 21.5 Å². The van der Waals surface area contributed by atoms with Crippen molar-refractivity contribution in [3.8, 4) is 11.1 Å². The van der Waals surface area contributed by atoms with Gasteiger partial charge in [0.25, 0.3) is 15.9 Å². The summed E-state index contributed by atoms with van der Waals surface area (Å²) in [6.45, 7) is -0.485. The number of amides is 1. The molecule has 1 aliphatic rings. The number of sulfonamides is 1. The second-order valence-corrected chi connectivity index (χ2v) is 9.77. The summed E-state index contributed by atoms with van der Waals surface area (Å²) in [5, 5.41) is 0. The SMILES string of the molecule is COCCN1CN(S(=O)(=O)c2cccc(C(F)(F)F)c2)c2cc(-c3c(F)cccc3F)ccc2C1=O. The first kappa shape index (κ1) is 25.6. The van der Waals surface area contributed by atoms with Crippen LogP contribution < -0.4 is 4.31 Å². The molecule has 0 spiro atoms. The lowest BCUT2D eigenvalue weighted by Gasteiger charge is -2.37. The average Bonchev–Trinajstić information content (AvgIpc) is 2.83. The zero-order valence-electron chi connectivity index (χ0n) is 18.7. The minimum atomic E-state index is -4.79. The number of carbonyl (C=O) groups excluding carboxylic acids is 1. The number of fused-ring (bicyclic) bond motifs is 1. The van der Waals surface area contributed by atoms with Gasteiger partial charge in [-0.1, -0.05) is 18.2 Å². The van der Waals surface area contributed by atoms with Crippen LogP contribution in [-0.4, -0.2) is 46.2 Å². The Labute approximate surface area is 203 Å². The number of alkyl halides is 3. The van der Waals surface area contributed by atoms with Crippen LogP contribution in [-0.2, 0) is 20.9 Å². The minimum Gasteiger partial charge on any atom is -0.383 e. The van der Waals surface area contributed by atoms with Gasteiger partial charge < -0.3 is 9.64 Å². The van der Waals surface area contributed by atoms with E-state index in [0.29, 0.717) is 6.07 Å². The maximum absolute atomic E-state index is 14.4. The first-order valence-corrected chi connectivity index (χ1v) is 12.0. The number of anilines is 1. The number of nitrogens with zero attached hydrogens (tertiary/aromatic N) is 2. The Kier molecular flexibility index (Phi) is 6.76. The predicted molar refractivity (Wildman–Crippen MR) is 121 cm³/mol. The third-order valence-corrected chi connectivity index (χ3v) is 7.39. The van der Waals surface area contributed by atoms with Gasteiger partial charge >= 0.3 is 6.18 Å². The molecule has 3 aromatic carbocycles. The normalized spacial score (nSPS) is 14.2. The van der Waals surface area contributed by atoms with Crippen molar-refractivity contribution in [2.75, 3.05) is 31.2 Å². The highest BCUT2D eigenvalue weighted by Gasteiger charge is 2.38. The molecule has 0 fully saturated rings. The summed E-state index contributed by atoms with van der Waals surface area (Å²) < 4.78 is 102. The maximum Gasteiger partial charge on any atom is 0.416 e. The molecule has 0 aromatic heterocycles. The van der Waals surface area contributed by atoms with E-state index >= 15 is 0 Å². The number of ether oxygens (including phenoxy) is 1. The molecule has 3 aromatic rings. The number of carbonyl (C=O) groups is 1. The monoisotopic (exact) mass is 526 g/mol. The number of hydrogen-bond acceptors (Lipinski definition) is 4. The zero-order chi connectivity index (χ0) is 26.3. The molecule has 0 N–H and O–H groups in total. The predicted octanol–water partition coefficient (Wildman–Crippen LogP) is 4.91. The highest BCUT2D eigenvalue weighted by atomic mass is 32.2. The molecule has 12 heteroatoms. The molecule has 190 valence electrons. The Bertz CT molecular complexity index is 1410. The minimum absolute atomic E-state index is 0.00687. The zero-order valence-corrected chi connectivity index (χ0v) is 19.5. The van der Waals surface area contributed by atoms with E-state index in [4.69, 9.17) is 4.74 Å². The molecule has 0 bridgehead atoms. The van der Waals surface area contributed by atoms with Crippen molar-refractivity contribution in [2.45, 2.75) is 11.1 Å². The van der Waals surface area contributed by atoms with Gasteiger partial charge in [0.1, 0.15) is 18.3 Å². The van der Waals surface area contributed by atoms with E-state index < -0.39 is 56.4 Å². The van der Waals surface area contributed by atoms with E-state index in [1.807, 2.05) is 0 Å². The van der Waals surface area contributed by atoms with E-state index in [1.165, 1.54) is 19.2 Å². The number of benzene rings is 3. The fraction of sp³-hybridized carbons (Fsp3) is 0.208. The molecule has 1 aliphatic heterocycles. The summed E-state index contributed by atoms with van der Waals surface area (Å²) in [6, 6.07) is 10.0. The van der Waals surface area contributed by atoms with Crippen molar-refractivity contribution in [3.63, 3.8) is 0 Å². The smallest absolute Gasteiger partial charge is 0.383 e. The lowest BCUT2D eigenvalue weighted by molar-refractivity contribution is -0.137. The van der Waals surface area contributed by atoms with Crippen molar-refractivity contribution < 1.29 is 39.9 Å². The Morgan fingerprint density at radius 1 is 0.972 bits per heavy atom. The average molecular weight is 526 g/mol. The van der Waals surface area contributed by atoms with Crippen LogP contribution in [0.25, 0.3) is 11.1 Å². The summed E-state index contributed by atoms with van der Waals surface area (Å²) >= 11 is 0. The molecular weight excluding hydrogens is 507 g/mol. The van der Waals surface area contributed by atoms with Crippen LogP contribution in [0.15, 0.2) is 65.6 Å². The van der Waals surface area contributed by atoms with Crippen LogP contribution in [0.3, 0.4) is 0 Å². The summed E-state index contributed by atoms with van der Waals surface area (Å²) in [5.41, 5.74) is -1.98. The number of methoxy groups -OCH3 is 1.